The summed E-state index contributed by atoms with van der Waals surface area (Å²) in [5.41, 5.74) is 8.43. The lowest BCUT2D eigenvalue weighted by Crippen LogP contribution is -2.36. The Bertz CT molecular complexity index is 1240. The van der Waals surface area contributed by atoms with Gasteiger partial charge in [-0.1, -0.05) is 48.0 Å². The summed E-state index contributed by atoms with van der Waals surface area (Å²) in [5.74, 6) is 0.966. The summed E-state index contributed by atoms with van der Waals surface area (Å²) in [4.78, 5) is 20.3. The van der Waals surface area contributed by atoms with Crippen LogP contribution in [-0.2, 0) is 11.2 Å². The lowest BCUT2D eigenvalue weighted by Gasteiger charge is -2.23. The van der Waals surface area contributed by atoms with E-state index in [0.29, 0.717) is 28.9 Å². The van der Waals surface area contributed by atoms with Crippen molar-refractivity contribution in [2.45, 2.75) is 38.8 Å². The summed E-state index contributed by atoms with van der Waals surface area (Å²) in [7, 11) is 0. The molecule has 32 heavy (non-hydrogen) atoms. The molecule has 1 atom stereocenters. The molecule has 0 aliphatic heterocycles. The first-order valence-electron chi connectivity index (χ1n) is 10.2. The fourth-order valence-corrected chi connectivity index (χ4v) is 3.68. The van der Waals surface area contributed by atoms with E-state index >= 15 is 0 Å². The van der Waals surface area contributed by atoms with Gasteiger partial charge in [-0.3, -0.25) is 5.10 Å². The molecule has 0 aliphatic rings. The number of imidazole rings is 1. The lowest BCUT2D eigenvalue weighted by atomic mass is 10.1. The van der Waals surface area contributed by atoms with Gasteiger partial charge in [0.15, 0.2) is 5.82 Å². The molecular formula is C23H25ClN6O2. The summed E-state index contributed by atoms with van der Waals surface area (Å²) in [6, 6.07) is 15.0. The van der Waals surface area contributed by atoms with Crippen LogP contribution in [0.2, 0.25) is 5.15 Å². The number of alkyl carbamates (subject to hydrolysis) is 1. The SMILES string of the molecule is CC(C)(C)OC(=O)N[C@@H](Cc1ccccc1)c1nc(-c2ccc3c(N)n[nH]c3c2)c(Cl)[nH]1. The molecule has 0 spiro atoms. The van der Waals surface area contributed by atoms with Gasteiger partial charge in [-0.15, -0.1) is 0 Å². The van der Waals surface area contributed by atoms with E-state index in [-0.39, 0.29) is 0 Å². The van der Waals surface area contributed by atoms with Crippen molar-refractivity contribution in [2.75, 3.05) is 5.73 Å². The van der Waals surface area contributed by atoms with E-state index in [0.717, 1.165) is 22.0 Å². The molecule has 0 fully saturated rings. The summed E-state index contributed by atoms with van der Waals surface area (Å²) in [6.45, 7) is 5.46. The molecule has 0 unspecified atom stereocenters. The summed E-state index contributed by atoms with van der Waals surface area (Å²) in [6.07, 6.45) is -0.0127. The highest BCUT2D eigenvalue weighted by Gasteiger charge is 2.24. The number of anilines is 1. The monoisotopic (exact) mass is 452 g/mol. The molecule has 0 radical (unpaired) electrons. The number of benzene rings is 2. The second-order valence-corrected chi connectivity index (χ2v) is 8.92. The highest BCUT2D eigenvalue weighted by atomic mass is 35.5. The van der Waals surface area contributed by atoms with Gasteiger partial charge in [0.05, 0.1) is 11.6 Å². The molecule has 1 amide bonds. The minimum absolute atomic E-state index is 0.371. The van der Waals surface area contributed by atoms with Gasteiger partial charge in [-0.2, -0.15) is 5.10 Å². The number of hydrogen-bond donors (Lipinski definition) is 4. The molecular weight excluding hydrogens is 428 g/mol. The standard InChI is InChI=1S/C23H25ClN6O2/c1-23(2,3)32-22(31)26-17(11-13-7-5-4-6-8-13)21-27-18(19(24)28-21)14-9-10-15-16(12-14)29-30-20(15)25/h4-10,12,17H,11H2,1-3H3,(H,26,31)(H,27,28)(H3,25,29,30)/t17-/m0/s1. The molecule has 166 valence electrons. The van der Waals surface area contributed by atoms with Crippen molar-refractivity contribution < 1.29 is 9.53 Å². The van der Waals surface area contributed by atoms with Gasteiger partial charge in [0.2, 0.25) is 0 Å². The maximum absolute atomic E-state index is 12.5. The van der Waals surface area contributed by atoms with Crippen molar-refractivity contribution in [1.29, 1.82) is 0 Å². The quantitative estimate of drug-likeness (QED) is 0.339. The minimum atomic E-state index is -0.616. The Morgan fingerprint density at radius 3 is 2.69 bits per heavy atom. The molecule has 8 nitrogen and oxygen atoms in total. The van der Waals surface area contributed by atoms with E-state index in [1.165, 1.54) is 0 Å². The Balaban J connectivity index is 1.66. The van der Waals surface area contributed by atoms with Crippen LogP contribution in [0.1, 0.15) is 38.2 Å². The normalized spacial score (nSPS) is 12.6. The van der Waals surface area contributed by atoms with Gasteiger partial charge >= 0.3 is 6.09 Å². The van der Waals surface area contributed by atoms with Crippen LogP contribution in [0.5, 0.6) is 0 Å². The van der Waals surface area contributed by atoms with E-state index in [4.69, 9.17) is 27.1 Å². The van der Waals surface area contributed by atoms with Crippen molar-refractivity contribution in [3.8, 4) is 11.3 Å². The number of carbonyl (C=O) groups is 1. The van der Waals surface area contributed by atoms with Crippen LogP contribution < -0.4 is 11.1 Å². The number of carbonyl (C=O) groups excluding carboxylic acids is 1. The van der Waals surface area contributed by atoms with Gasteiger partial charge in [-0.05, 0) is 38.5 Å². The smallest absolute Gasteiger partial charge is 0.408 e. The average molecular weight is 453 g/mol. The highest BCUT2D eigenvalue weighted by Crippen LogP contribution is 2.31. The second-order valence-electron chi connectivity index (χ2n) is 8.54. The Morgan fingerprint density at radius 1 is 1.22 bits per heavy atom. The number of amides is 1. The van der Waals surface area contributed by atoms with Crippen LogP contribution in [-0.4, -0.2) is 31.9 Å². The number of nitrogens with zero attached hydrogens (tertiary/aromatic N) is 2. The molecule has 9 heteroatoms. The van der Waals surface area contributed by atoms with Gasteiger partial charge < -0.3 is 20.8 Å². The number of nitrogens with one attached hydrogen (secondary N) is 3. The van der Waals surface area contributed by atoms with E-state index in [1.54, 1.807) is 0 Å². The number of rotatable bonds is 5. The fourth-order valence-electron chi connectivity index (χ4n) is 3.43. The second kappa shape index (κ2) is 8.55. The zero-order valence-corrected chi connectivity index (χ0v) is 18.8. The van der Waals surface area contributed by atoms with Crippen LogP contribution in [0.15, 0.2) is 48.5 Å². The van der Waals surface area contributed by atoms with Crippen molar-refractivity contribution in [2.24, 2.45) is 0 Å². The Morgan fingerprint density at radius 2 is 1.97 bits per heavy atom. The van der Waals surface area contributed by atoms with Crippen molar-refractivity contribution in [1.82, 2.24) is 25.5 Å². The topological polar surface area (TPSA) is 122 Å². The van der Waals surface area contributed by atoms with Crippen LogP contribution in [0.25, 0.3) is 22.2 Å². The van der Waals surface area contributed by atoms with Gasteiger partial charge in [0.25, 0.3) is 0 Å². The average Bonchev–Trinajstić information content (AvgIpc) is 3.29. The lowest BCUT2D eigenvalue weighted by molar-refractivity contribution is 0.0501. The zero-order chi connectivity index (χ0) is 22.9. The minimum Gasteiger partial charge on any atom is -0.444 e. The van der Waals surface area contributed by atoms with Crippen molar-refractivity contribution >= 4 is 34.4 Å². The number of H-pyrrole nitrogens is 2. The first-order chi connectivity index (χ1) is 15.2. The number of nitrogens with two attached hydrogens (primary N) is 1. The Hall–Kier alpha value is -3.52. The first-order valence-corrected chi connectivity index (χ1v) is 10.6. The highest BCUT2D eigenvalue weighted by molar-refractivity contribution is 6.32. The van der Waals surface area contributed by atoms with E-state index in [9.17, 15) is 4.79 Å². The third kappa shape index (κ3) is 4.86. The maximum Gasteiger partial charge on any atom is 0.408 e. The molecule has 4 rings (SSSR count). The third-order valence-corrected chi connectivity index (χ3v) is 5.12. The number of ether oxygens (including phenoxy) is 1. The van der Waals surface area contributed by atoms with Gasteiger partial charge in [-0.25, -0.2) is 9.78 Å². The van der Waals surface area contributed by atoms with Gasteiger partial charge in [0.1, 0.15) is 22.3 Å². The molecule has 0 aliphatic carbocycles. The molecule has 0 saturated heterocycles. The van der Waals surface area contributed by atoms with E-state index < -0.39 is 17.7 Å². The number of nitrogen functional groups attached to an aromatic ring is 1. The van der Waals surface area contributed by atoms with Crippen molar-refractivity contribution in [3.05, 3.63) is 65.1 Å². The van der Waals surface area contributed by atoms with Gasteiger partial charge in [0, 0.05) is 17.4 Å². The Labute approximate surface area is 190 Å². The summed E-state index contributed by atoms with van der Waals surface area (Å²) in [5, 5.41) is 11.0. The van der Waals surface area contributed by atoms with Crippen LogP contribution in [0.4, 0.5) is 10.6 Å². The van der Waals surface area contributed by atoms with E-state index in [2.05, 4.69) is 20.5 Å². The Kier molecular flexibility index (Phi) is 5.80. The summed E-state index contributed by atoms with van der Waals surface area (Å²) >= 11 is 6.51. The molecule has 0 saturated carbocycles. The molecule has 4 aromatic rings. The number of aromatic nitrogens is 4. The largest absolute Gasteiger partial charge is 0.444 e. The summed E-state index contributed by atoms with van der Waals surface area (Å²) < 4.78 is 5.45. The predicted molar refractivity (Wildman–Crippen MR) is 125 cm³/mol. The van der Waals surface area contributed by atoms with Crippen LogP contribution in [0.3, 0.4) is 0 Å². The molecule has 2 aromatic heterocycles. The number of halogens is 1. The predicted octanol–water partition coefficient (Wildman–Crippen LogP) is 5.00. The van der Waals surface area contributed by atoms with Crippen LogP contribution >= 0.6 is 11.6 Å². The molecule has 0 bridgehead atoms. The first kappa shape index (κ1) is 21.7. The number of aromatic amines is 2. The molecule has 2 heterocycles. The molecule has 2 aromatic carbocycles. The number of fused-ring (bicyclic) bond motifs is 1. The number of hydrogen-bond acceptors (Lipinski definition) is 5. The maximum atomic E-state index is 12.5. The zero-order valence-electron chi connectivity index (χ0n) is 18.1. The van der Waals surface area contributed by atoms with E-state index in [1.807, 2.05) is 69.3 Å². The van der Waals surface area contributed by atoms with Crippen molar-refractivity contribution in [3.63, 3.8) is 0 Å². The van der Waals surface area contributed by atoms with Crippen LogP contribution in [0, 0.1) is 0 Å². The third-order valence-electron chi connectivity index (χ3n) is 4.85. The fraction of sp³-hybridized carbons (Fsp3) is 0.261. The molecule has 5 N–H and O–H groups in total.